The first-order chi connectivity index (χ1) is 13.8. The highest BCUT2D eigenvalue weighted by molar-refractivity contribution is 6.30. The third-order valence-corrected chi connectivity index (χ3v) is 5.49. The highest BCUT2D eigenvalue weighted by atomic mass is 35.5. The second kappa shape index (κ2) is 8.66. The van der Waals surface area contributed by atoms with Crippen LogP contribution in [0.2, 0.25) is 5.02 Å². The highest BCUT2D eigenvalue weighted by Gasteiger charge is 2.24. The molecular formula is C22H23ClN2O4. The topological polar surface area (TPSA) is 77.4 Å². The predicted octanol–water partition coefficient (Wildman–Crippen LogP) is 3.44. The van der Waals surface area contributed by atoms with Crippen LogP contribution < -0.4 is 10.9 Å². The SMILES string of the molecule is COC(=O)[C@@H](C)n1ccc2c(c1=O)CCC=C2NC(=O)[C@@H](C)c1ccc(Cl)cc1. The molecule has 0 fully saturated rings. The molecule has 0 saturated heterocycles. The number of carbonyl (C=O) groups excluding carboxylic acids is 2. The summed E-state index contributed by atoms with van der Waals surface area (Å²) in [5.74, 6) is -1.03. The van der Waals surface area contributed by atoms with Gasteiger partial charge in [0.25, 0.3) is 5.56 Å². The van der Waals surface area contributed by atoms with Gasteiger partial charge in [0.15, 0.2) is 0 Å². The third kappa shape index (κ3) is 4.27. The average molecular weight is 415 g/mol. The second-order valence-electron chi connectivity index (χ2n) is 7.04. The molecule has 0 bridgehead atoms. The number of hydrogen-bond acceptors (Lipinski definition) is 4. The maximum absolute atomic E-state index is 12.9. The van der Waals surface area contributed by atoms with E-state index in [4.69, 9.17) is 16.3 Å². The molecule has 6 nitrogen and oxygen atoms in total. The number of fused-ring (bicyclic) bond motifs is 1. The molecule has 29 heavy (non-hydrogen) atoms. The molecule has 1 aliphatic carbocycles. The molecule has 0 saturated carbocycles. The number of nitrogens with one attached hydrogen (secondary N) is 1. The van der Waals surface area contributed by atoms with Gasteiger partial charge >= 0.3 is 5.97 Å². The molecule has 0 spiro atoms. The van der Waals surface area contributed by atoms with Crippen LogP contribution in [0.3, 0.4) is 0 Å². The number of carbonyl (C=O) groups is 2. The number of halogens is 1. The molecule has 1 aromatic carbocycles. The van der Waals surface area contributed by atoms with Gasteiger partial charge in [-0.15, -0.1) is 0 Å². The van der Waals surface area contributed by atoms with Crippen molar-refractivity contribution in [1.82, 2.24) is 9.88 Å². The van der Waals surface area contributed by atoms with Crippen LogP contribution in [-0.2, 0) is 20.7 Å². The summed E-state index contributed by atoms with van der Waals surface area (Å²) in [5, 5.41) is 3.56. The van der Waals surface area contributed by atoms with Crippen LogP contribution in [0.15, 0.2) is 47.4 Å². The monoisotopic (exact) mass is 414 g/mol. The fourth-order valence-corrected chi connectivity index (χ4v) is 3.54. The summed E-state index contributed by atoms with van der Waals surface area (Å²) in [4.78, 5) is 37.5. The zero-order chi connectivity index (χ0) is 21.1. The van der Waals surface area contributed by atoms with E-state index in [1.165, 1.54) is 11.7 Å². The lowest BCUT2D eigenvalue weighted by Gasteiger charge is -2.22. The molecule has 0 radical (unpaired) electrons. The molecule has 1 heterocycles. The zero-order valence-corrected chi connectivity index (χ0v) is 17.3. The number of benzene rings is 1. The van der Waals surface area contributed by atoms with Gasteiger partial charge in [0, 0.05) is 28.0 Å². The standard InChI is InChI=1S/C22H23ClN2O4/c1-13(15-7-9-16(23)10-8-15)20(26)24-19-6-4-5-18-17(19)11-12-25(21(18)27)14(2)22(28)29-3/h6-14H,4-5H2,1-3H3,(H,24,26)/t13-,14+/m0/s1. The van der Waals surface area contributed by atoms with Gasteiger partial charge in [-0.1, -0.05) is 29.8 Å². The molecule has 0 aliphatic heterocycles. The van der Waals surface area contributed by atoms with Gasteiger partial charge < -0.3 is 14.6 Å². The number of pyridine rings is 1. The van der Waals surface area contributed by atoms with Gasteiger partial charge in [-0.3, -0.25) is 9.59 Å². The van der Waals surface area contributed by atoms with E-state index >= 15 is 0 Å². The number of hydrogen-bond donors (Lipinski definition) is 1. The Labute approximate surface area is 174 Å². The smallest absolute Gasteiger partial charge is 0.328 e. The van der Waals surface area contributed by atoms with Crippen LogP contribution in [0.4, 0.5) is 0 Å². The minimum atomic E-state index is -0.716. The van der Waals surface area contributed by atoms with E-state index in [9.17, 15) is 14.4 Å². The van der Waals surface area contributed by atoms with Crippen LogP contribution in [0.25, 0.3) is 5.70 Å². The van der Waals surface area contributed by atoms with E-state index in [0.29, 0.717) is 34.7 Å². The van der Waals surface area contributed by atoms with Gasteiger partial charge in [-0.25, -0.2) is 4.79 Å². The maximum Gasteiger partial charge on any atom is 0.328 e. The molecule has 1 N–H and O–H groups in total. The van der Waals surface area contributed by atoms with E-state index in [2.05, 4.69) is 5.32 Å². The number of nitrogens with zero attached hydrogens (tertiary/aromatic N) is 1. The Balaban J connectivity index is 1.85. The minimum absolute atomic E-state index is 0.168. The minimum Gasteiger partial charge on any atom is -0.467 e. The normalized spacial score (nSPS) is 15.0. The number of esters is 1. The number of allylic oxidation sites excluding steroid dienone is 1. The molecule has 2 aromatic rings. The van der Waals surface area contributed by atoms with Crippen LogP contribution >= 0.6 is 11.6 Å². The van der Waals surface area contributed by atoms with Crippen molar-refractivity contribution in [2.45, 2.75) is 38.6 Å². The van der Waals surface area contributed by atoms with Crippen molar-refractivity contribution in [3.8, 4) is 0 Å². The number of rotatable bonds is 5. The van der Waals surface area contributed by atoms with E-state index in [1.807, 2.05) is 25.1 Å². The number of amides is 1. The fourth-order valence-electron chi connectivity index (χ4n) is 3.41. The Morgan fingerprint density at radius 1 is 1.17 bits per heavy atom. The summed E-state index contributed by atoms with van der Waals surface area (Å²) in [6.07, 6.45) is 4.66. The maximum atomic E-state index is 12.9. The summed E-state index contributed by atoms with van der Waals surface area (Å²) in [6.45, 7) is 3.44. The predicted molar refractivity (Wildman–Crippen MR) is 112 cm³/mol. The van der Waals surface area contributed by atoms with E-state index in [-0.39, 0.29) is 17.4 Å². The van der Waals surface area contributed by atoms with Crippen molar-refractivity contribution in [2.75, 3.05) is 7.11 Å². The van der Waals surface area contributed by atoms with Crippen LogP contribution in [-0.4, -0.2) is 23.6 Å². The molecular weight excluding hydrogens is 392 g/mol. The van der Waals surface area contributed by atoms with Crippen molar-refractivity contribution in [2.24, 2.45) is 0 Å². The lowest BCUT2D eigenvalue weighted by Crippen LogP contribution is -2.34. The van der Waals surface area contributed by atoms with Crippen molar-refractivity contribution in [3.05, 3.63) is 74.7 Å². The van der Waals surface area contributed by atoms with Crippen LogP contribution in [0.5, 0.6) is 0 Å². The Hall–Kier alpha value is -2.86. The molecule has 1 amide bonds. The van der Waals surface area contributed by atoms with Gasteiger partial charge in [-0.2, -0.15) is 0 Å². The van der Waals surface area contributed by atoms with Crippen molar-refractivity contribution in [1.29, 1.82) is 0 Å². The van der Waals surface area contributed by atoms with Gasteiger partial charge in [0.05, 0.1) is 13.0 Å². The fraction of sp³-hybridized carbons (Fsp3) is 0.318. The van der Waals surface area contributed by atoms with E-state index in [1.54, 1.807) is 31.3 Å². The molecule has 152 valence electrons. The molecule has 2 atom stereocenters. The first kappa shape index (κ1) is 20.9. The largest absolute Gasteiger partial charge is 0.467 e. The van der Waals surface area contributed by atoms with Crippen molar-refractivity contribution >= 4 is 29.2 Å². The Morgan fingerprint density at radius 2 is 1.86 bits per heavy atom. The van der Waals surface area contributed by atoms with Gasteiger partial charge in [-0.05, 0) is 50.5 Å². The highest BCUT2D eigenvalue weighted by Crippen LogP contribution is 2.25. The zero-order valence-electron chi connectivity index (χ0n) is 16.6. The van der Waals surface area contributed by atoms with Crippen LogP contribution in [0.1, 0.15) is 48.9 Å². The number of aromatic nitrogens is 1. The quantitative estimate of drug-likeness (QED) is 0.760. The number of ether oxygens (including phenoxy) is 1. The molecule has 7 heteroatoms. The Bertz CT molecular complexity index is 1020. The van der Waals surface area contributed by atoms with Crippen molar-refractivity contribution in [3.63, 3.8) is 0 Å². The van der Waals surface area contributed by atoms with Crippen molar-refractivity contribution < 1.29 is 14.3 Å². The molecule has 3 rings (SSSR count). The van der Waals surface area contributed by atoms with Gasteiger partial charge in [0.2, 0.25) is 5.91 Å². The summed E-state index contributed by atoms with van der Waals surface area (Å²) >= 11 is 5.92. The summed E-state index contributed by atoms with van der Waals surface area (Å²) in [5.41, 5.74) is 2.50. The first-order valence-corrected chi connectivity index (χ1v) is 9.80. The molecule has 1 aliphatic rings. The summed E-state index contributed by atoms with van der Waals surface area (Å²) in [6, 6.07) is 8.19. The Morgan fingerprint density at radius 3 is 2.52 bits per heavy atom. The lowest BCUT2D eigenvalue weighted by molar-refractivity contribution is -0.144. The molecule has 1 aromatic heterocycles. The van der Waals surface area contributed by atoms with E-state index < -0.39 is 12.0 Å². The number of methoxy groups -OCH3 is 1. The average Bonchev–Trinajstić information content (AvgIpc) is 2.73. The van der Waals surface area contributed by atoms with E-state index in [0.717, 1.165) is 5.56 Å². The van der Waals surface area contributed by atoms with Gasteiger partial charge in [0.1, 0.15) is 6.04 Å². The first-order valence-electron chi connectivity index (χ1n) is 9.42. The summed E-state index contributed by atoms with van der Waals surface area (Å²) < 4.78 is 6.11. The second-order valence-corrected chi connectivity index (χ2v) is 7.47. The Kier molecular flexibility index (Phi) is 6.23. The van der Waals surface area contributed by atoms with Crippen LogP contribution in [0, 0.1) is 0 Å². The third-order valence-electron chi connectivity index (χ3n) is 5.23. The lowest BCUT2D eigenvalue weighted by atomic mass is 9.94. The molecule has 0 unspecified atom stereocenters. The summed E-state index contributed by atoms with van der Waals surface area (Å²) in [7, 11) is 1.29.